The molecule has 3 rings (SSSR count). The number of nitrogens with one attached hydrogen (secondary N) is 2. The van der Waals surface area contributed by atoms with Crippen molar-refractivity contribution in [3.05, 3.63) is 58.4 Å². The fourth-order valence-corrected chi connectivity index (χ4v) is 3.27. The van der Waals surface area contributed by atoms with Crippen LogP contribution in [0.2, 0.25) is 0 Å². The molecule has 0 spiro atoms. The molecular formula is C21H22F4N4O2S. The number of aromatic nitrogens is 2. The zero-order valence-corrected chi connectivity index (χ0v) is 18.2. The normalized spacial score (nSPS) is 14.6. The van der Waals surface area contributed by atoms with E-state index in [9.17, 15) is 22.4 Å². The standard InChI is InChI=1S/C21H22F4N4O2S/c1-11(7-8-32-2)28-20(30)14-10-26-18(12-3-4-12)29-19(14)27-9-13-16(31-21(24)25)6-5-15(22)17(13)23/h5-8,10-12,21H,3-4,9H2,1-2H3,(H,28,30)(H,26,27,29)/b8-7+. The van der Waals surface area contributed by atoms with Crippen molar-refractivity contribution in [1.82, 2.24) is 15.3 Å². The van der Waals surface area contributed by atoms with Crippen molar-refractivity contribution in [3.63, 3.8) is 0 Å². The summed E-state index contributed by atoms with van der Waals surface area (Å²) in [7, 11) is 0. The second kappa shape index (κ2) is 10.7. The number of hydrogen-bond acceptors (Lipinski definition) is 6. The smallest absolute Gasteiger partial charge is 0.387 e. The highest BCUT2D eigenvalue weighted by Crippen LogP contribution is 2.38. The molecule has 1 saturated carbocycles. The van der Waals surface area contributed by atoms with Gasteiger partial charge < -0.3 is 15.4 Å². The molecule has 1 amide bonds. The molecule has 172 valence electrons. The minimum Gasteiger partial charge on any atom is -0.434 e. The van der Waals surface area contributed by atoms with Crippen molar-refractivity contribution in [1.29, 1.82) is 0 Å². The lowest BCUT2D eigenvalue weighted by Crippen LogP contribution is -2.32. The van der Waals surface area contributed by atoms with E-state index in [0.29, 0.717) is 11.9 Å². The largest absolute Gasteiger partial charge is 0.434 e. The van der Waals surface area contributed by atoms with Crippen LogP contribution in [-0.2, 0) is 6.54 Å². The molecule has 1 aromatic carbocycles. The molecule has 1 aromatic heterocycles. The van der Waals surface area contributed by atoms with Crippen LogP contribution in [0.5, 0.6) is 5.75 Å². The Balaban J connectivity index is 1.87. The number of nitrogens with zero attached hydrogens (tertiary/aromatic N) is 2. The van der Waals surface area contributed by atoms with E-state index in [-0.39, 0.29) is 23.3 Å². The van der Waals surface area contributed by atoms with Crippen molar-refractivity contribution in [2.75, 3.05) is 11.6 Å². The van der Waals surface area contributed by atoms with E-state index >= 15 is 0 Å². The molecule has 1 atom stereocenters. The van der Waals surface area contributed by atoms with E-state index in [1.807, 2.05) is 11.7 Å². The summed E-state index contributed by atoms with van der Waals surface area (Å²) in [5, 5.41) is 7.37. The quantitative estimate of drug-likeness (QED) is 0.484. The molecule has 1 heterocycles. The number of carbonyl (C=O) groups is 1. The molecule has 0 saturated heterocycles. The minimum absolute atomic E-state index is 0.0898. The lowest BCUT2D eigenvalue weighted by atomic mass is 10.1. The SMILES string of the molecule is CS/C=C/C(C)NC(=O)c1cnc(C2CC2)nc1NCc1c(OC(F)F)ccc(F)c1F. The maximum absolute atomic E-state index is 14.3. The molecule has 32 heavy (non-hydrogen) atoms. The fourth-order valence-electron chi connectivity index (χ4n) is 2.88. The van der Waals surface area contributed by atoms with Gasteiger partial charge in [-0.2, -0.15) is 8.78 Å². The van der Waals surface area contributed by atoms with Gasteiger partial charge in [-0.15, -0.1) is 11.8 Å². The highest BCUT2D eigenvalue weighted by molar-refractivity contribution is 8.01. The van der Waals surface area contributed by atoms with E-state index in [1.165, 1.54) is 18.0 Å². The molecule has 1 fully saturated rings. The Kier molecular flexibility index (Phi) is 7.94. The second-order valence-electron chi connectivity index (χ2n) is 7.16. The number of rotatable bonds is 10. The molecule has 0 radical (unpaired) electrons. The Hall–Kier alpha value is -2.82. The van der Waals surface area contributed by atoms with Crippen molar-refractivity contribution in [3.8, 4) is 5.75 Å². The van der Waals surface area contributed by atoms with Crippen molar-refractivity contribution >= 4 is 23.5 Å². The third kappa shape index (κ3) is 6.12. The summed E-state index contributed by atoms with van der Waals surface area (Å²) in [5.41, 5.74) is -0.355. The molecule has 1 aliphatic carbocycles. The van der Waals surface area contributed by atoms with Gasteiger partial charge in [0.15, 0.2) is 11.6 Å². The van der Waals surface area contributed by atoms with Gasteiger partial charge >= 0.3 is 6.61 Å². The van der Waals surface area contributed by atoms with Crippen LogP contribution in [0.1, 0.15) is 47.4 Å². The monoisotopic (exact) mass is 470 g/mol. The Morgan fingerprint density at radius 3 is 2.75 bits per heavy atom. The summed E-state index contributed by atoms with van der Waals surface area (Å²) >= 11 is 1.48. The predicted octanol–water partition coefficient (Wildman–Crippen LogP) is 4.84. The molecule has 1 unspecified atom stereocenters. The van der Waals surface area contributed by atoms with Crippen LogP contribution in [0.3, 0.4) is 0 Å². The summed E-state index contributed by atoms with van der Waals surface area (Å²) in [6.45, 7) is -1.86. The maximum Gasteiger partial charge on any atom is 0.387 e. The van der Waals surface area contributed by atoms with Crippen LogP contribution in [0, 0.1) is 11.6 Å². The third-order valence-corrected chi connectivity index (χ3v) is 5.09. The van der Waals surface area contributed by atoms with Crippen LogP contribution in [-0.4, -0.2) is 34.8 Å². The van der Waals surface area contributed by atoms with Gasteiger partial charge in [-0.3, -0.25) is 4.79 Å². The molecule has 1 aliphatic rings. The van der Waals surface area contributed by atoms with Gasteiger partial charge in [-0.05, 0) is 43.6 Å². The zero-order valence-electron chi connectivity index (χ0n) is 17.4. The maximum atomic E-state index is 14.3. The average Bonchev–Trinajstić information content (AvgIpc) is 3.59. The molecule has 11 heteroatoms. The average molecular weight is 470 g/mol. The number of hydrogen-bond donors (Lipinski definition) is 2. The number of anilines is 1. The molecule has 2 N–H and O–H groups in total. The van der Waals surface area contributed by atoms with Crippen LogP contribution in [0.15, 0.2) is 29.8 Å². The number of carbonyl (C=O) groups excluding carboxylic acids is 1. The fraction of sp³-hybridized carbons (Fsp3) is 0.381. The molecule has 6 nitrogen and oxygen atoms in total. The van der Waals surface area contributed by atoms with E-state index in [0.717, 1.165) is 18.9 Å². The van der Waals surface area contributed by atoms with Crippen LogP contribution >= 0.6 is 11.8 Å². The van der Waals surface area contributed by atoms with Crippen molar-refractivity contribution in [2.24, 2.45) is 0 Å². The number of benzene rings is 1. The van der Waals surface area contributed by atoms with Gasteiger partial charge in [0.1, 0.15) is 23.0 Å². The van der Waals surface area contributed by atoms with Crippen molar-refractivity contribution < 1.29 is 27.1 Å². The summed E-state index contributed by atoms with van der Waals surface area (Å²) in [6.07, 6.45) is 6.86. The summed E-state index contributed by atoms with van der Waals surface area (Å²) in [5.74, 6) is -2.75. The number of amides is 1. The van der Waals surface area contributed by atoms with Crippen molar-refractivity contribution in [2.45, 2.75) is 44.9 Å². The number of halogens is 4. The van der Waals surface area contributed by atoms with Crippen LogP contribution < -0.4 is 15.4 Å². The Bertz CT molecular complexity index is 1000. The topological polar surface area (TPSA) is 76.1 Å². The highest BCUT2D eigenvalue weighted by Gasteiger charge is 2.28. The number of thioether (sulfide) groups is 1. The Labute approximate surface area is 186 Å². The molecule has 0 aliphatic heterocycles. The lowest BCUT2D eigenvalue weighted by molar-refractivity contribution is -0.0506. The van der Waals surface area contributed by atoms with Gasteiger partial charge in [-0.25, -0.2) is 18.7 Å². The lowest BCUT2D eigenvalue weighted by Gasteiger charge is -2.16. The van der Waals surface area contributed by atoms with Gasteiger partial charge in [0.25, 0.3) is 5.91 Å². The predicted molar refractivity (Wildman–Crippen MR) is 114 cm³/mol. The first-order valence-electron chi connectivity index (χ1n) is 9.83. The number of ether oxygens (including phenoxy) is 1. The van der Waals surface area contributed by atoms with Gasteiger partial charge in [0.05, 0.1) is 5.56 Å². The first-order valence-corrected chi connectivity index (χ1v) is 11.1. The van der Waals surface area contributed by atoms with Gasteiger partial charge in [-0.1, -0.05) is 6.08 Å². The summed E-state index contributed by atoms with van der Waals surface area (Å²) in [4.78, 5) is 21.4. The van der Waals surface area contributed by atoms with E-state index in [2.05, 4.69) is 25.3 Å². The van der Waals surface area contributed by atoms with Gasteiger partial charge in [0.2, 0.25) is 0 Å². The van der Waals surface area contributed by atoms with E-state index in [1.54, 1.807) is 13.0 Å². The van der Waals surface area contributed by atoms with E-state index < -0.39 is 42.0 Å². The minimum atomic E-state index is -3.21. The van der Waals surface area contributed by atoms with Gasteiger partial charge in [0, 0.05) is 24.7 Å². The molecule has 2 aromatic rings. The summed E-state index contributed by atoms with van der Waals surface area (Å²) in [6, 6.07) is 1.34. The molecule has 0 bridgehead atoms. The summed E-state index contributed by atoms with van der Waals surface area (Å²) < 4.78 is 57.7. The first-order chi connectivity index (χ1) is 15.3. The first kappa shape index (κ1) is 23.8. The Morgan fingerprint density at radius 2 is 2.09 bits per heavy atom. The van der Waals surface area contributed by atoms with E-state index in [4.69, 9.17) is 0 Å². The molecular weight excluding hydrogens is 448 g/mol. The third-order valence-electron chi connectivity index (χ3n) is 4.66. The second-order valence-corrected chi connectivity index (χ2v) is 7.90. The van der Waals surface area contributed by atoms with Crippen LogP contribution in [0.4, 0.5) is 23.4 Å². The van der Waals surface area contributed by atoms with Crippen LogP contribution in [0.25, 0.3) is 0 Å². The highest BCUT2D eigenvalue weighted by atomic mass is 32.2. The zero-order chi connectivity index (χ0) is 23.3. The number of alkyl halides is 2. The Morgan fingerprint density at radius 1 is 1.34 bits per heavy atom.